The molecule has 8 heteroatoms. The molecule has 40 heavy (non-hydrogen) atoms. The first-order valence-corrected chi connectivity index (χ1v) is 13.8. The van der Waals surface area contributed by atoms with Gasteiger partial charge >= 0.3 is 5.69 Å². The second kappa shape index (κ2) is 11.0. The number of carbonyl (C=O) groups is 1. The Bertz CT molecular complexity index is 1660. The molecule has 1 aromatic heterocycles. The number of methoxy groups -OCH3 is 1. The van der Waals surface area contributed by atoms with E-state index in [1.165, 1.54) is 0 Å². The molecule has 1 fully saturated rings. The molecule has 0 radical (unpaired) electrons. The first kappa shape index (κ1) is 25.8. The maximum atomic E-state index is 13.1. The van der Waals surface area contributed by atoms with Gasteiger partial charge in [0, 0.05) is 36.3 Å². The first-order chi connectivity index (χ1) is 19.5. The number of carbonyl (C=O) groups excluding carboxylic acids is 1. The Kier molecular flexibility index (Phi) is 7.07. The number of unbranched alkanes of at least 4 members (excludes halogenated alkanes) is 1. The molecule has 1 saturated heterocycles. The summed E-state index contributed by atoms with van der Waals surface area (Å²) in [6.07, 6.45) is 5.25. The van der Waals surface area contributed by atoms with Crippen molar-refractivity contribution in [1.82, 2.24) is 14.5 Å². The molecule has 0 aliphatic carbocycles. The molecule has 2 aliphatic heterocycles. The van der Waals surface area contributed by atoms with Gasteiger partial charge in [0.25, 0.3) is 5.91 Å². The summed E-state index contributed by atoms with van der Waals surface area (Å²) in [6, 6.07) is 19.5. The van der Waals surface area contributed by atoms with Crippen molar-refractivity contribution >= 4 is 28.7 Å². The van der Waals surface area contributed by atoms with Crippen molar-refractivity contribution in [2.45, 2.75) is 45.2 Å². The third kappa shape index (κ3) is 4.85. The summed E-state index contributed by atoms with van der Waals surface area (Å²) >= 11 is 0. The minimum absolute atomic E-state index is 0.0143. The normalized spacial score (nSPS) is 16.1. The van der Waals surface area contributed by atoms with E-state index in [1.54, 1.807) is 23.8 Å². The van der Waals surface area contributed by atoms with E-state index in [4.69, 9.17) is 9.47 Å². The van der Waals surface area contributed by atoms with Crippen LogP contribution in [0.1, 0.15) is 41.6 Å². The van der Waals surface area contributed by atoms with Crippen LogP contribution >= 0.6 is 0 Å². The summed E-state index contributed by atoms with van der Waals surface area (Å²) in [4.78, 5) is 37.1. The monoisotopic (exact) mass is 536 g/mol. The molecule has 0 spiro atoms. The molecule has 0 N–H and O–H groups in total. The molecule has 0 saturated carbocycles. The highest BCUT2D eigenvalue weighted by molar-refractivity contribution is 6.03. The number of rotatable bonds is 8. The summed E-state index contributed by atoms with van der Waals surface area (Å²) < 4.78 is 13.4. The minimum Gasteiger partial charge on any atom is -0.493 e. The Morgan fingerprint density at radius 1 is 1.00 bits per heavy atom. The van der Waals surface area contributed by atoms with Crippen LogP contribution in [-0.2, 0) is 6.54 Å². The fourth-order valence-corrected chi connectivity index (χ4v) is 5.60. The molecule has 3 aromatic carbocycles. The van der Waals surface area contributed by atoms with E-state index >= 15 is 0 Å². The van der Waals surface area contributed by atoms with Crippen molar-refractivity contribution < 1.29 is 14.3 Å². The third-order valence-electron chi connectivity index (χ3n) is 7.68. The fourth-order valence-electron chi connectivity index (χ4n) is 5.60. The van der Waals surface area contributed by atoms with Gasteiger partial charge in [0.15, 0.2) is 11.5 Å². The summed E-state index contributed by atoms with van der Waals surface area (Å²) in [5.41, 5.74) is 4.52. The van der Waals surface area contributed by atoms with Crippen molar-refractivity contribution in [3.05, 3.63) is 82.3 Å². The lowest BCUT2D eigenvalue weighted by molar-refractivity contribution is 0.0774. The van der Waals surface area contributed by atoms with Gasteiger partial charge in [-0.1, -0.05) is 42.0 Å². The average molecular weight is 537 g/mol. The molecule has 3 heterocycles. The van der Waals surface area contributed by atoms with E-state index < -0.39 is 0 Å². The predicted molar refractivity (Wildman–Crippen MR) is 156 cm³/mol. The van der Waals surface area contributed by atoms with Crippen LogP contribution in [0.15, 0.2) is 70.5 Å². The Labute approximate surface area is 232 Å². The van der Waals surface area contributed by atoms with Crippen LogP contribution in [-0.4, -0.2) is 52.9 Å². The van der Waals surface area contributed by atoms with Gasteiger partial charge in [-0.2, -0.15) is 4.98 Å². The van der Waals surface area contributed by atoms with E-state index in [-0.39, 0.29) is 17.6 Å². The van der Waals surface area contributed by atoms with Gasteiger partial charge in [0.2, 0.25) is 0 Å². The largest absolute Gasteiger partial charge is 0.493 e. The molecule has 0 bridgehead atoms. The number of hydrogen-bond donors (Lipinski definition) is 0. The molecule has 2 aliphatic rings. The van der Waals surface area contributed by atoms with Crippen molar-refractivity contribution in [3.8, 4) is 22.8 Å². The van der Waals surface area contributed by atoms with Crippen LogP contribution in [0.5, 0.6) is 11.5 Å². The van der Waals surface area contributed by atoms with Gasteiger partial charge in [-0.15, -0.1) is 0 Å². The quantitative estimate of drug-likeness (QED) is 0.275. The van der Waals surface area contributed by atoms with Crippen molar-refractivity contribution in [1.29, 1.82) is 0 Å². The van der Waals surface area contributed by atoms with Gasteiger partial charge in [-0.25, -0.2) is 4.79 Å². The Morgan fingerprint density at radius 2 is 1.85 bits per heavy atom. The average Bonchev–Trinajstić information content (AvgIpc) is 3.41. The Morgan fingerprint density at radius 3 is 2.67 bits per heavy atom. The van der Waals surface area contributed by atoms with Crippen molar-refractivity contribution in [3.63, 3.8) is 0 Å². The van der Waals surface area contributed by atoms with Gasteiger partial charge in [0.1, 0.15) is 0 Å². The van der Waals surface area contributed by atoms with Gasteiger partial charge in [0.05, 0.1) is 42.2 Å². The van der Waals surface area contributed by atoms with Crippen LogP contribution in [0.2, 0.25) is 0 Å². The van der Waals surface area contributed by atoms with E-state index in [1.807, 2.05) is 60.5 Å². The molecule has 8 nitrogen and oxygen atoms in total. The molecule has 4 aromatic rings. The van der Waals surface area contributed by atoms with E-state index in [2.05, 4.69) is 16.0 Å². The number of aryl methyl sites for hydroxylation is 2. The van der Waals surface area contributed by atoms with Crippen LogP contribution in [0.25, 0.3) is 22.2 Å². The number of hydrogen-bond acceptors (Lipinski definition) is 6. The van der Waals surface area contributed by atoms with Gasteiger partial charge in [-0.3, -0.25) is 14.4 Å². The zero-order valence-corrected chi connectivity index (χ0v) is 22.8. The van der Waals surface area contributed by atoms with Crippen LogP contribution in [0, 0.1) is 6.92 Å². The third-order valence-corrected chi connectivity index (χ3v) is 7.68. The topological polar surface area (TPSA) is 86.0 Å². The molecule has 204 valence electrons. The van der Waals surface area contributed by atoms with E-state index in [0.29, 0.717) is 41.6 Å². The maximum Gasteiger partial charge on any atom is 0.348 e. The highest BCUT2D eigenvalue weighted by Crippen LogP contribution is 2.38. The second-order valence-corrected chi connectivity index (χ2v) is 10.3. The lowest BCUT2D eigenvalue weighted by Gasteiger charge is -2.20. The van der Waals surface area contributed by atoms with Crippen LogP contribution in [0.3, 0.4) is 0 Å². The summed E-state index contributed by atoms with van der Waals surface area (Å²) in [5, 5.41) is 0.965. The SMILES string of the molecule is COc1cc2c(cc1OCCCCn1c(=O)nc(-c3ccccc3)c3cc(C)ccc31)N=CC1CCCN1C2=O. The zero-order chi connectivity index (χ0) is 27.6. The molecule has 1 unspecified atom stereocenters. The van der Waals surface area contributed by atoms with Crippen molar-refractivity contribution in [2.75, 3.05) is 20.3 Å². The smallest absolute Gasteiger partial charge is 0.348 e. The van der Waals surface area contributed by atoms with E-state index in [0.717, 1.165) is 54.3 Å². The Hall–Kier alpha value is -4.46. The predicted octanol–water partition coefficient (Wildman–Crippen LogP) is 5.56. The van der Waals surface area contributed by atoms with E-state index in [9.17, 15) is 9.59 Å². The number of ether oxygens (including phenoxy) is 2. The highest BCUT2D eigenvalue weighted by atomic mass is 16.5. The maximum absolute atomic E-state index is 13.1. The lowest BCUT2D eigenvalue weighted by atomic mass is 10.0. The summed E-state index contributed by atoms with van der Waals surface area (Å²) in [7, 11) is 1.57. The summed E-state index contributed by atoms with van der Waals surface area (Å²) in [5.74, 6) is 1.05. The van der Waals surface area contributed by atoms with Gasteiger partial charge < -0.3 is 14.4 Å². The highest BCUT2D eigenvalue weighted by Gasteiger charge is 2.32. The molecular weight excluding hydrogens is 504 g/mol. The number of fused-ring (bicyclic) bond motifs is 3. The number of aromatic nitrogens is 2. The standard InChI is InChI=1S/C32H32N4O4/c1-21-12-13-27-25(17-21)30(22-9-4-3-5-10-22)34-32(38)36(27)14-6-7-16-40-29-19-26-24(18-28(29)39-2)31(37)35-15-8-11-23(35)20-33-26/h3-5,9-10,12-13,17-20,23H,6-8,11,14-16H2,1-2H3. The van der Waals surface area contributed by atoms with Gasteiger partial charge in [-0.05, 0) is 50.8 Å². The fraction of sp³-hybridized carbons (Fsp3) is 0.312. The zero-order valence-electron chi connectivity index (χ0n) is 22.8. The number of nitrogens with zero attached hydrogens (tertiary/aromatic N) is 4. The molecule has 1 amide bonds. The number of aliphatic imine (C=N–C) groups is 1. The Balaban J connectivity index is 1.16. The first-order valence-electron chi connectivity index (χ1n) is 13.8. The molecular formula is C32H32N4O4. The lowest BCUT2D eigenvalue weighted by Crippen LogP contribution is -2.35. The molecule has 6 rings (SSSR count). The van der Waals surface area contributed by atoms with Crippen LogP contribution in [0.4, 0.5) is 5.69 Å². The second-order valence-electron chi connectivity index (χ2n) is 10.3. The minimum atomic E-state index is -0.258. The summed E-state index contributed by atoms with van der Waals surface area (Å²) in [6.45, 7) is 3.75. The number of amides is 1. The van der Waals surface area contributed by atoms with Crippen LogP contribution < -0.4 is 15.2 Å². The molecule has 1 atom stereocenters. The number of benzene rings is 3. The van der Waals surface area contributed by atoms with Crippen molar-refractivity contribution in [2.24, 2.45) is 4.99 Å².